The number of nitrogen functional groups attached to an aromatic ring is 1. The Morgan fingerprint density at radius 2 is 2.31 bits per heavy atom. The molecular formula is C8H12FN3O. The molecule has 1 aromatic heterocycles. The first-order valence-corrected chi connectivity index (χ1v) is 3.78. The molecule has 0 aliphatic carbocycles. The van der Waals surface area contributed by atoms with Crippen LogP contribution in [0.15, 0.2) is 12.3 Å². The summed E-state index contributed by atoms with van der Waals surface area (Å²) in [5.74, 6) is -0.725. The van der Waals surface area contributed by atoms with Crippen LogP contribution in [0.4, 0.5) is 10.1 Å². The highest BCUT2D eigenvalue weighted by Gasteiger charge is 2.21. The molecule has 0 aromatic carbocycles. The zero-order valence-corrected chi connectivity index (χ0v) is 7.29. The Kier molecular flexibility index (Phi) is 2.49. The Labute approximate surface area is 75.4 Å². The summed E-state index contributed by atoms with van der Waals surface area (Å²) < 4.78 is 12.7. The summed E-state index contributed by atoms with van der Waals surface area (Å²) in [5.41, 5.74) is 10.5. The quantitative estimate of drug-likeness (QED) is 0.565. The van der Waals surface area contributed by atoms with Gasteiger partial charge in [0, 0.05) is 6.20 Å². The van der Waals surface area contributed by atoms with Crippen LogP contribution in [0.3, 0.4) is 0 Å². The minimum atomic E-state index is -0.936. The van der Waals surface area contributed by atoms with Gasteiger partial charge in [0.1, 0.15) is 0 Å². The van der Waals surface area contributed by atoms with Crippen LogP contribution in [0, 0.1) is 5.95 Å². The molecular weight excluding hydrogens is 173 g/mol. The van der Waals surface area contributed by atoms with E-state index in [4.69, 9.17) is 16.6 Å². The highest BCUT2D eigenvalue weighted by Crippen LogP contribution is 2.19. The molecule has 0 radical (unpaired) electrons. The predicted molar refractivity (Wildman–Crippen MR) is 47.2 cm³/mol. The number of aliphatic hydroxyl groups is 1. The minimum absolute atomic E-state index is 0.0670. The predicted octanol–water partition coefficient (Wildman–Crippen LogP) is -0.0309. The van der Waals surface area contributed by atoms with Crippen molar-refractivity contribution in [1.82, 2.24) is 4.98 Å². The van der Waals surface area contributed by atoms with Gasteiger partial charge in [0.25, 0.3) is 0 Å². The summed E-state index contributed by atoms with van der Waals surface area (Å²) in [7, 11) is 0. The van der Waals surface area contributed by atoms with Gasteiger partial charge in [0.15, 0.2) is 0 Å². The summed E-state index contributed by atoms with van der Waals surface area (Å²) in [6.07, 6.45) is 1.27. The molecule has 13 heavy (non-hydrogen) atoms. The smallest absolute Gasteiger partial charge is 0.236 e. The van der Waals surface area contributed by atoms with Crippen LogP contribution in [0.25, 0.3) is 0 Å². The van der Waals surface area contributed by atoms with Crippen molar-refractivity contribution in [3.8, 4) is 0 Å². The second-order valence-corrected chi connectivity index (χ2v) is 3.18. The highest BCUT2D eigenvalue weighted by molar-refractivity contribution is 5.40. The van der Waals surface area contributed by atoms with Gasteiger partial charge in [-0.05, 0) is 18.6 Å². The maximum absolute atomic E-state index is 12.7. The summed E-state index contributed by atoms with van der Waals surface area (Å²) >= 11 is 0. The van der Waals surface area contributed by atoms with Gasteiger partial charge in [-0.25, -0.2) is 4.98 Å². The molecule has 0 fully saturated rings. The van der Waals surface area contributed by atoms with E-state index in [1.807, 2.05) is 0 Å². The number of nitrogens with zero attached hydrogens (tertiary/aromatic N) is 1. The first-order valence-electron chi connectivity index (χ1n) is 3.78. The van der Waals surface area contributed by atoms with Gasteiger partial charge in [-0.2, -0.15) is 4.39 Å². The average molecular weight is 185 g/mol. The van der Waals surface area contributed by atoms with Crippen molar-refractivity contribution >= 4 is 5.69 Å². The van der Waals surface area contributed by atoms with Crippen molar-refractivity contribution in [2.75, 3.05) is 12.3 Å². The lowest BCUT2D eigenvalue weighted by Crippen LogP contribution is -2.37. The van der Waals surface area contributed by atoms with E-state index in [0.717, 1.165) is 0 Å². The van der Waals surface area contributed by atoms with E-state index in [2.05, 4.69) is 4.98 Å². The Bertz CT molecular complexity index is 314. The molecule has 0 amide bonds. The number of pyridine rings is 1. The fourth-order valence-corrected chi connectivity index (χ4v) is 0.869. The van der Waals surface area contributed by atoms with E-state index in [1.165, 1.54) is 12.3 Å². The van der Waals surface area contributed by atoms with Crippen LogP contribution >= 0.6 is 0 Å². The lowest BCUT2D eigenvalue weighted by atomic mass is 9.96. The van der Waals surface area contributed by atoms with Crippen molar-refractivity contribution in [3.05, 3.63) is 23.8 Å². The molecule has 1 heterocycles. The van der Waals surface area contributed by atoms with Crippen molar-refractivity contribution in [3.63, 3.8) is 0 Å². The summed E-state index contributed by atoms with van der Waals surface area (Å²) in [6, 6.07) is 1.37. The molecule has 5 heteroatoms. The third-order valence-corrected chi connectivity index (χ3v) is 1.85. The average Bonchev–Trinajstić information content (AvgIpc) is 2.09. The minimum Gasteiger partial charge on any atom is -0.395 e. The molecule has 4 nitrogen and oxygen atoms in total. The fourth-order valence-electron chi connectivity index (χ4n) is 0.869. The topological polar surface area (TPSA) is 85.2 Å². The number of aromatic nitrogens is 1. The van der Waals surface area contributed by atoms with E-state index < -0.39 is 11.5 Å². The second kappa shape index (κ2) is 3.27. The van der Waals surface area contributed by atoms with Crippen LogP contribution < -0.4 is 11.5 Å². The summed E-state index contributed by atoms with van der Waals surface area (Å²) in [5, 5.41) is 8.92. The zero-order chi connectivity index (χ0) is 10.1. The lowest BCUT2D eigenvalue weighted by Gasteiger charge is -2.21. The van der Waals surface area contributed by atoms with Gasteiger partial charge in [-0.3, -0.25) is 0 Å². The molecule has 0 bridgehead atoms. The number of aliphatic hydroxyl groups excluding tert-OH is 1. The molecule has 1 aromatic rings. The van der Waals surface area contributed by atoms with Gasteiger partial charge in [0.2, 0.25) is 5.95 Å². The number of halogens is 1. The third-order valence-electron chi connectivity index (χ3n) is 1.85. The maximum Gasteiger partial charge on any atom is 0.236 e. The van der Waals surface area contributed by atoms with Gasteiger partial charge in [-0.15, -0.1) is 0 Å². The van der Waals surface area contributed by atoms with E-state index in [9.17, 15) is 4.39 Å². The molecule has 0 spiro atoms. The Morgan fingerprint density at radius 1 is 1.69 bits per heavy atom. The maximum atomic E-state index is 12.7. The Morgan fingerprint density at radius 3 is 2.77 bits per heavy atom. The van der Waals surface area contributed by atoms with E-state index in [1.54, 1.807) is 6.92 Å². The van der Waals surface area contributed by atoms with Crippen molar-refractivity contribution in [2.45, 2.75) is 12.5 Å². The van der Waals surface area contributed by atoms with E-state index in [0.29, 0.717) is 5.56 Å². The summed E-state index contributed by atoms with van der Waals surface area (Å²) in [4.78, 5) is 3.41. The van der Waals surface area contributed by atoms with Gasteiger partial charge >= 0.3 is 0 Å². The van der Waals surface area contributed by atoms with Crippen LogP contribution in [0.1, 0.15) is 12.5 Å². The van der Waals surface area contributed by atoms with Crippen LogP contribution in [0.5, 0.6) is 0 Å². The van der Waals surface area contributed by atoms with Gasteiger partial charge in [-0.1, -0.05) is 0 Å². The molecule has 1 unspecified atom stereocenters. The highest BCUT2D eigenvalue weighted by atomic mass is 19.1. The van der Waals surface area contributed by atoms with Crippen molar-refractivity contribution in [1.29, 1.82) is 0 Å². The van der Waals surface area contributed by atoms with Gasteiger partial charge in [0.05, 0.1) is 17.8 Å². The van der Waals surface area contributed by atoms with Crippen LogP contribution in [-0.4, -0.2) is 16.7 Å². The monoisotopic (exact) mass is 185 g/mol. The zero-order valence-electron chi connectivity index (χ0n) is 7.29. The van der Waals surface area contributed by atoms with Gasteiger partial charge < -0.3 is 16.6 Å². The molecule has 1 atom stereocenters. The number of rotatable bonds is 2. The molecule has 0 saturated heterocycles. The fraction of sp³-hybridized carbons (Fsp3) is 0.375. The Hall–Kier alpha value is -1.20. The Balaban J connectivity index is 3.10. The third kappa shape index (κ3) is 1.93. The molecule has 0 saturated carbocycles. The number of anilines is 1. The first-order chi connectivity index (χ1) is 5.97. The van der Waals surface area contributed by atoms with E-state index in [-0.39, 0.29) is 12.3 Å². The number of nitrogens with two attached hydrogens (primary N) is 2. The summed E-state index contributed by atoms with van der Waals surface area (Å²) in [6.45, 7) is 1.36. The molecule has 72 valence electrons. The largest absolute Gasteiger partial charge is 0.395 e. The molecule has 5 N–H and O–H groups in total. The van der Waals surface area contributed by atoms with Crippen LogP contribution in [-0.2, 0) is 5.54 Å². The lowest BCUT2D eigenvalue weighted by molar-refractivity contribution is 0.209. The molecule has 1 rings (SSSR count). The number of hydrogen-bond acceptors (Lipinski definition) is 4. The standard InChI is InChI=1S/C8H12FN3O/c1-8(11,4-13)5-2-6(10)7(9)12-3-5/h2-3,13H,4,10-11H2,1H3. The SMILES string of the molecule is CC(N)(CO)c1cnc(F)c(N)c1. The van der Waals surface area contributed by atoms with Crippen molar-refractivity contribution < 1.29 is 9.50 Å². The normalized spacial score (nSPS) is 15.4. The second-order valence-electron chi connectivity index (χ2n) is 3.18. The first kappa shape index (κ1) is 9.88. The molecule has 0 aliphatic rings. The molecule has 0 aliphatic heterocycles. The number of hydrogen-bond donors (Lipinski definition) is 3. The van der Waals surface area contributed by atoms with Crippen LogP contribution in [0.2, 0.25) is 0 Å². The van der Waals surface area contributed by atoms with E-state index >= 15 is 0 Å². The van der Waals surface area contributed by atoms with Crippen molar-refractivity contribution in [2.24, 2.45) is 5.73 Å².